The van der Waals surface area contributed by atoms with Crippen molar-refractivity contribution in [2.45, 2.75) is 19.4 Å². The number of benzene rings is 1. The van der Waals surface area contributed by atoms with Crippen molar-refractivity contribution in [2.24, 2.45) is 5.10 Å². The number of amides is 2. The standard InChI is InChI=1S/C27H26N4O5/c1-18-8-9-24(35-18)27(33)30-12-10-29(11-13-30)17-26(32)31-21(23-7-4-14-34-23)16-20(28-31)25-15-19-5-2-3-6-22(19)36-25/h2-9,14-15,21H,10-13,16-17H2,1H3. The summed E-state index contributed by atoms with van der Waals surface area (Å²) in [7, 11) is 0. The molecule has 6 rings (SSSR count). The number of para-hydroxylation sites is 1. The van der Waals surface area contributed by atoms with Gasteiger partial charge in [-0.3, -0.25) is 14.5 Å². The zero-order valence-electron chi connectivity index (χ0n) is 19.9. The van der Waals surface area contributed by atoms with Gasteiger partial charge >= 0.3 is 0 Å². The molecule has 9 nitrogen and oxygen atoms in total. The smallest absolute Gasteiger partial charge is 0.289 e. The van der Waals surface area contributed by atoms with Crippen LogP contribution >= 0.6 is 0 Å². The molecule has 1 unspecified atom stereocenters. The van der Waals surface area contributed by atoms with Gasteiger partial charge < -0.3 is 18.2 Å². The molecule has 4 aromatic rings. The molecule has 1 aromatic carbocycles. The second-order valence-electron chi connectivity index (χ2n) is 9.15. The lowest BCUT2D eigenvalue weighted by Crippen LogP contribution is -2.51. The first-order chi connectivity index (χ1) is 17.5. The van der Waals surface area contributed by atoms with Gasteiger partial charge in [-0.25, -0.2) is 5.01 Å². The SMILES string of the molecule is Cc1ccc(C(=O)N2CCN(CC(=O)N3N=C(c4cc5ccccc5o4)CC3c3ccco3)CC2)o1. The second kappa shape index (κ2) is 9.16. The third-order valence-corrected chi connectivity index (χ3v) is 6.72. The number of carbonyl (C=O) groups is 2. The summed E-state index contributed by atoms with van der Waals surface area (Å²) in [5.74, 6) is 2.16. The highest BCUT2D eigenvalue weighted by Gasteiger charge is 2.37. The summed E-state index contributed by atoms with van der Waals surface area (Å²) in [5, 5.41) is 7.20. The molecule has 0 spiro atoms. The first kappa shape index (κ1) is 22.4. The highest BCUT2D eigenvalue weighted by atomic mass is 16.4. The van der Waals surface area contributed by atoms with Crippen molar-refractivity contribution >= 4 is 28.5 Å². The summed E-state index contributed by atoms with van der Waals surface area (Å²) in [4.78, 5) is 29.9. The van der Waals surface area contributed by atoms with Crippen LogP contribution in [-0.4, -0.2) is 65.1 Å². The molecule has 2 aliphatic rings. The maximum Gasteiger partial charge on any atom is 0.289 e. The second-order valence-corrected chi connectivity index (χ2v) is 9.15. The lowest BCUT2D eigenvalue weighted by atomic mass is 10.1. The number of furan rings is 3. The zero-order chi connectivity index (χ0) is 24.6. The minimum atomic E-state index is -0.333. The van der Waals surface area contributed by atoms with Crippen molar-refractivity contribution in [1.82, 2.24) is 14.8 Å². The monoisotopic (exact) mass is 486 g/mol. The van der Waals surface area contributed by atoms with Gasteiger partial charge in [-0.05, 0) is 43.3 Å². The number of nitrogens with zero attached hydrogens (tertiary/aromatic N) is 4. The summed E-state index contributed by atoms with van der Waals surface area (Å²) in [6.07, 6.45) is 2.11. The van der Waals surface area contributed by atoms with E-state index in [1.807, 2.05) is 54.3 Å². The van der Waals surface area contributed by atoms with Crippen molar-refractivity contribution in [3.63, 3.8) is 0 Å². The van der Waals surface area contributed by atoms with Crippen LogP contribution in [0.15, 0.2) is 79.2 Å². The minimum absolute atomic E-state index is 0.119. The van der Waals surface area contributed by atoms with Crippen LogP contribution in [0.4, 0.5) is 0 Å². The van der Waals surface area contributed by atoms with Gasteiger partial charge in [0, 0.05) is 38.0 Å². The summed E-state index contributed by atoms with van der Waals surface area (Å²) < 4.78 is 17.1. The van der Waals surface area contributed by atoms with E-state index in [9.17, 15) is 9.59 Å². The average molecular weight is 487 g/mol. The number of hydrazone groups is 1. The van der Waals surface area contributed by atoms with Crippen molar-refractivity contribution < 1.29 is 22.8 Å². The molecule has 3 aromatic heterocycles. The van der Waals surface area contributed by atoms with Gasteiger partial charge in [0.15, 0.2) is 11.5 Å². The normalized spacial score (nSPS) is 18.7. The maximum absolute atomic E-state index is 13.4. The fourth-order valence-electron chi connectivity index (χ4n) is 4.79. The summed E-state index contributed by atoms with van der Waals surface area (Å²) in [6.45, 7) is 4.27. The van der Waals surface area contributed by atoms with Crippen LogP contribution < -0.4 is 0 Å². The van der Waals surface area contributed by atoms with E-state index in [1.54, 1.807) is 23.3 Å². The maximum atomic E-state index is 13.4. The molecule has 0 radical (unpaired) electrons. The Bertz CT molecular complexity index is 1390. The van der Waals surface area contributed by atoms with E-state index in [0.29, 0.717) is 61.4 Å². The van der Waals surface area contributed by atoms with E-state index in [4.69, 9.17) is 13.3 Å². The highest BCUT2D eigenvalue weighted by Crippen LogP contribution is 2.34. The van der Waals surface area contributed by atoms with Gasteiger partial charge in [-0.1, -0.05) is 18.2 Å². The fourth-order valence-corrected chi connectivity index (χ4v) is 4.79. The third-order valence-electron chi connectivity index (χ3n) is 6.72. The van der Waals surface area contributed by atoms with Gasteiger partial charge in [-0.2, -0.15) is 5.10 Å². The van der Waals surface area contributed by atoms with Crippen LogP contribution in [0.5, 0.6) is 0 Å². The quantitative estimate of drug-likeness (QED) is 0.422. The Morgan fingerprint density at radius 3 is 2.56 bits per heavy atom. The van der Waals surface area contributed by atoms with Gasteiger partial charge in [0.2, 0.25) is 0 Å². The Balaban J connectivity index is 1.15. The van der Waals surface area contributed by atoms with Crippen molar-refractivity contribution in [3.8, 4) is 0 Å². The molecule has 2 amide bonds. The molecule has 0 saturated carbocycles. The minimum Gasteiger partial charge on any atom is -0.467 e. The molecule has 9 heteroatoms. The van der Waals surface area contributed by atoms with E-state index in [-0.39, 0.29) is 24.4 Å². The number of aryl methyl sites for hydroxylation is 1. The van der Waals surface area contributed by atoms with Crippen LogP contribution in [0.1, 0.15) is 40.3 Å². The lowest BCUT2D eigenvalue weighted by molar-refractivity contribution is -0.134. The predicted molar refractivity (Wildman–Crippen MR) is 131 cm³/mol. The Labute approximate surface area is 207 Å². The first-order valence-electron chi connectivity index (χ1n) is 12.0. The first-order valence-corrected chi connectivity index (χ1v) is 12.0. The molecule has 184 valence electrons. The topological polar surface area (TPSA) is 95.6 Å². The molecule has 1 fully saturated rings. The van der Waals surface area contributed by atoms with Gasteiger partial charge in [0.25, 0.3) is 11.8 Å². The third kappa shape index (κ3) is 4.22. The van der Waals surface area contributed by atoms with Crippen LogP contribution in [-0.2, 0) is 4.79 Å². The van der Waals surface area contributed by atoms with Gasteiger partial charge in [0.1, 0.15) is 28.9 Å². The molecule has 1 atom stereocenters. The Hall–Kier alpha value is -4.11. The summed E-state index contributed by atoms with van der Waals surface area (Å²) in [5.41, 5.74) is 1.50. The molecule has 36 heavy (non-hydrogen) atoms. The van der Waals surface area contributed by atoms with E-state index in [0.717, 1.165) is 11.0 Å². The molecule has 0 N–H and O–H groups in total. The fraction of sp³-hybridized carbons (Fsp3) is 0.296. The predicted octanol–water partition coefficient (Wildman–Crippen LogP) is 4.06. The van der Waals surface area contributed by atoms with Crippen LogP contribution in [0.2, 0.25) is 0 Å². The zero-order valence-corrected chi connectivity index (χ0v) is 19.9. The number of carbonyl (C=O) groups excluding carboxylic acids is 2. The van der Waals surface area contributed by atoms with Crippen LogP contribution in [0, 0.1) is 6.92 Å². The van der Waals surface area contributed by atoms with Gasteiger partial charge in [0.05, 0.1) is 12.8 Å². The molecule has 1 saturated heterocycles. The van der Waals surface area contributed by atoms with Crippen molar-refractivity contribution in [1.29, 1.82) is 0 Å². The molecule has 0 bridgehead atoms. The molecule has 2 aliphatic heterocycles. The highest BCUT2D eigenvalue weighted by molar-refractivity contribution is 6.03. The van der Waals surface area contributed by atoms with E-state index >= 15 is 0 Å². The lowest BCUT2D eigenvalue weighted by Gasteiger charge is -2.34. The van der Waals surface area contributed by atoms with Gasteiger partial charge in [-0.15, -0.1) is 0 Å². The van der Waals surface area contributed by atoms with E-state index in [1.165, 1.54) is 5.01 Å². The Morgan fingerprint density at radius 1 is 1.00 bits per heavy atom. The van der Waals surface area contributed by atoms with Crippen LogP contribution in [0.3, 0.4) is 0 Å². The molecule has 0 aliphatic carbocycles. The number of hydrogen-bond donors (Lipinski definition) is 0. The Kier molecular flexibility index (Phi) is 5.69. The summed E-state index contributed by atoms with van der Waals surface area (Å²) >= 11 is 0. The number of fused-ring (bicyclic) bond motifs is 1. The molecular weight excluding hydrogens is 460 g/mol. The Morgan fingerprint density at radius 2 is 1.83 bits per heavy atom. The van der Waals surface area contributed by atoms with E-state index in [2.05, 4.69) is 5.10 Å². The number of piperazine rings is 1. The molecule has 5 heterocycles. The largest absolute Gasteiger partial charge is 0.467 e. The van der Waals surface area contributed by atoms with Crippen molar-refractivity contribution in [3.05, 3.63) is 83.9 Å². The number of rotatable bonds is 5. The summed E-state index contributed by atoms with van der Waals surface area (Å²) in [6, 6.07) is 16.6. The molecular formula is C27H26N4O5. The average Bonchev–Trinajstić information content (AvgIpc) is 3.69. The van der Waals surface area contributed by atoms with E-state index < -0.39 is 0 Å². The number of hydrogen-bond acceptors (Lipinski definition) is 7. The van der Waals surface area contributed by atoms with Crippen LogP contribution in [0.25, 0.3) is 11.0 Å². The van der Waals surface area contributed by atoms with Crippen molar-refractivity contribution in [2.75, 3.05) is 32.7 Å².